The van der Waals surface area contributed by atoms with Crippen LogP contribution in [0.3, 0.4) is 0 Å². The lowest BCUT2D eigenvalue weighted by molar-refractivity contribution is 0.0695. The van der Waals surface area contributed by atoms with Crippen LogP contribution in [0.4, 0.5) is 5.69 Å². The number of nitrogen functional groups attached to an aromatic ring is 1. The Morgan fingerprint density at radius 1 is 1.40 bits per heavy atom. The van der Waals surface area contributed by atoms with E-state index in [0.29, 0.717) is 11.2 Å². The monoisotopic (exact) mass is 204 g/mol. The summed E-state index contributed by atoms with van der Waals surface area (Å²) in [7, 11) is 0. The van der Waals surface area contributed by atoms with Gasteiger partial charge in [-0.05, 0) is 12.1 Å². The van der Waals surface area contributed by atoms with E-state index in [4.69, 9.17) is 10.8 Å². The number of H-pyrrole nitrogens is 1. The molecule has 1 aromatic heterocycles. The Bertz CT molecular complexity index is 601. The quantitative estimate of drug-likeness (QED) is 0.599. The van der Waals surface area contributed by atoms with Crippen LogP contribution in [0.5, 0.6) is 0 Å². The average Bonchev–Trinajstić information content (AvgIpc) is 2.19. The van der Waals surface area contributed by atoms with Crippen LogP contribution in [-0.4, -0.2) is 16.1 Å². The first kappa shape index (κ1) is 9.26. The van der Waals surface area contributed by atoms with Crippen molar-refractivity contribution in [1.29, 1.82) is 0 Å². The van der Waals surface area contributed by atoms with Crippen molar-refractivity contribution in [2.24, 2.45) is 0 Å². The lowest BCUT2D eigenvalue weighted by Crippen LogP contribution is -2.15. The first-order valence-electron chi connectivity index (χ1n) is 4.24. The van der Waals surface area contributed by atoms with E-state index in [-0.39, 0.29) is 10.9 Å². The van der Waals surface area contributed by atoms with E-state index >= 15 is 0 Å². The Kier molecular flexibility index (Phi) is 1.93. The van der Waals surface area contributed by atoms with Crippen molar-refractivity contribution < 1.29 is 9.90 Å². The van der Waals surface area contributed by atoms with Crippen molar-refractivity contribution in [1.82, 2.24) is 4.98 Å². The van der Waals surface area contributed by atoms with Gasteiger partial charge in [-0.1, -0.05) is 6.07 Å². The third-order valence-electron chi connectivity index (χ3n) is 2.18. The van der Waals surface area contributed by atoms with Gasteiger partial charge in [0.1, 0.15) is 5.56 Å². The van der Waals surface area contributed by atoms with Crippen LogP contribution < -0.4 is 11.2 Å². The molecule has 5 heteroatoms. The number of aromatic amines is 1. The van der Waals surface area contributed by atoms with E-state index < -0.39 is 11.4 Å². The minimum absolute atomic E-state index is 0.284. The Balaban J connectivity index is 2.92. The Labute approximate surface area is 84.2 Å². The lowest BCUT2D eigenvalue weighted by atomic mass is 10.1. The zero-order valence-corrected chi connectivity index (χ0v) is 7.65. The second-order valence-corrected chi connectivity index (χ2v) is 3.11. The number of para-hydroxylation sites is 1. The number of benzene rings is 1. The van der Waals surface area contributed by atoms with E-state index in [1.807, 2.05) is 0 Å². The maximum absolute atomic E-state index is 11.7. The molecule has 0 saturated heterocycles. The minimum Gasteiger partial charge on any atom is -0.477 e. The van der Waals surface area contributed by atoms with Crippen LogP contribution in [0.15, 0.2) is 29.2 Å². The van der Waals surface area contributed by atoms with E-state index in [9.17, 15) is 9.59 Å². The maximum atomic E-state index is 11.7. The van der Waals surface area contributed by atoms with Crippen LogP contribution in [0.1, 0.15) is 10.4 Å². The third-order valence-corrected chi connectivity index (χ3v) is 2.18. The van der Waals surface area contributed by atoms with Gasteiger partial charge in [0.2, 0.25) is 5.43 Å². The lowest BCUT2D eigenvalue weighted by Gasteiger charge is -2.01. The van der Waals surface area contributed by atoms with Crippen molar-refractivity contribution in [2.75, 3.05) is 5.73 Å². The second-order valence-electron chi connectivity index (χ2n) is 3.11. The van der Waals surface area contributed by atoms with Crippen LogP contribution in [-0.2, 0) is 0 Å². The molecule has 0 amide bonds. The smallest absolute Gasteiger partial charge is 0.341 e. The minimum atomic E-state index is -1.25. The summed E-state index contributed by atoms with van der Waals surface area (Å²) in [6.45, 7) is 0. The van der Waals surface area contributed by atoms with Gasteiger partial charge < -0.3 is 15.8 Å². The highest BCUT2D eigenvalue weighted by Crippen LogP contribution is 2.15. The van der Waals surface area contributed by atoms with Gasteiger partial charge in [-0.3, -0.25) is 4.79 Å². The number of carboxylic acids is 1. The second kappa shape index (κ2) is 3.13. The molecule has 0 aliphatic heterocycles. The molecular weight excluding hydrogens is 196 g/mol. The largest absolute Gasteiger partial charge is 0.477 e. The van der Waals surface area contributed by atoms with Crippen LogP contribution in [0, 0.1) is 0 Å². The van der Waals surface area contributed by atoms with Gasteiger partial charge in [0.05, 0.1) is 11.2 Å². The first-order valence-corrected chi connectivity index (χ1v) is 4.24. The number of anilines is 1. The summed E-state index contributed by atoms with van der Waals surface area (Å²) in [4.78, 5) is 25.1. The van der Waals surface area contributed by atoms with Gasteiger partial charge in [-0.25, -0.2) is 4.79 Å². The van der Waals surface area contributed by atoms with E-state index in [1.54, 1.807) is 12.1 Å². The molecular formula is C10H8N2O3. The van der Waals surface area contributed by atoms with Gasteiger partial charge >= 0.3 is 5.97 Å². The maximum Gasteiger partial charge on any atom is 0.341 e. The van der Waals surface area contributed by atoms with Gasteiger partial charge in [-0.15, -0.1) is 0 Å². The number of nitrogens with one attached hydrogen (secondary N) is 1. The van der Waals surface area contributed by atoms with Gasteiger partial charge in [0, 0.05) is 11.6 Å². The molecule has 0 saturated carbocycles. The molecule has 0 aliphatic carbocycles. The molecule has 0 spiro atoms. The van der Waals surface area contributed by atoms with Gasteiger partial charge in [-0.2, -0.15) is 0 Å². The summed E-state index contributed by atoms with van der Waals surface area (Å²) in [5.74, 6) is -1.25. The number of aromatic nitrogens is 1. The SMILES string of the molecule is Nc1cccc2c(=O)c(C(=O)O)c[nH]c12. The van der Waals surface area contributed by atoms with Crippen molar-refractivity contribution in [3.05, 3.63) is 40.2 Å². The predicted octanol–water partition coefficient (Wildman–Crippen LogP) is 0.808. The zero-order valence-electron chi connectivity index (χ0n) is 7.65. The number of carbonyl (C=O) groups is 1. The molecule has 0 atom stereocenters. The third kappa shape index (κ3) is 1.34. The fourth-order valence-electron chi connectivity index (χ4n) is 1.43. The topological polar surface area (TPSA) is 96.2 Å². The molecule has 5 nitrogen and oxygen atoms in total. The summed E-state index contributed by atoms with van der Waals surface area (Å²) in [5.41, 5.74) is 5.71. The zero-order chi connectivity index (χ0) is 11.0. The molecule has 0 aliphatic rings. The number of hydrogen-bond acceptors (Lipinski definition) is 3. The fraction of sp³-hybridized carbons (Fsp3) is 0. The van der Waals surface area contributed by atoms with Crippen LogP contribution in [0.25, 0.3) is 10.9 Å². The normalized spacial score (nSPS) is 10.4. The molecule has 1 heterocycles. The van der Waals surface area contributed by atoms with Crippen LogP contribution >= 0.6 is 0 Å². The van der Waals surface area contributed by atoms with Crippen LogP contribution in [0.2, 0.25) is 0 Å². The molecule has 4 N–H and O–H groups in total. The number of aromatic carboxylic acids is 1. The molecule has 0 unspecified atom stereocenters. The van der Waals surface area contributed by atoms with Crippen molar-refractivity contribution in [2.45, 2.75) is 0 Å². The number of pyridine rings is 1. The number of rotatable bonds is 1. The summed E-state index contributed by atoms with van der Waals surface area (Å²) in [6, 6.07) is 4.79. The summed E-state index contributed by atoms with van der Waals surface area (Å²) < 4.78 is 0. The Morgan fingerprint density at radius 2 is 2.13 bits per heavy atom. The first-order chi connectivity index (χ1) is 7.11. The number of hydrogen-bond donors (Lipinski definition) is 3. The number of nitrogens with two attached hydrogens (primary N) is 1. The fourth-order valence-corrected chi connectivity index (χ4v) is 1.43. The summed E-state index contributed by atoms with van der Waals surface area (Å²) >= 11 is 0. The summed E-state index contributed by atoms with van der Waals surface area (Å²) in [6.07, 6.45) is 1.16. The van der Waals surface area contributed by atoms with Gasteiger partial charge in [0.25, 0.3) is 0 Å². The summed E-state index contributed by atoms with van der Waals surface area (Å²) in [5, 5.41) is 9.03. The van der Waals surface area contributed by atoms with Gasteiger partial charge in [0.15, 0.2) is 0 Å². The molecule has 1 aromatic carbocycles. The molecule has 2 aromatic rings. The molecule has 0 bridgehead atoms. The molecule has 15 heavy (non-hydrogen) atoms. The molecule has 0 radical (unpaired) electrons. The van der Waals surface area contributed by atoms with Crippen molar-refractivity contribution in [3.8, 4) is 0 Å². The van der Waals surface area contributed by atoms with Crippen molar-refractivity contribution >= 4 is 22.6 Å². The predicted molar refractivity (Wildman–Crippen MR) is 55.9 cm³/mol. The van der Waals surface area contributed by atoms with E-state index in [2.05, 4.69) is 4.98 Å². The standard InChI is InChI=1S/C10H8N2O3/c11-7-3-1-2-5-8(7)12-4-6(9(5)13)10(14)15/h1-4H,11H2,(H,12,13)(H,14,15). The highest BCUT2D eigenvalue weighted by atomic mass is 16.4. The van der Waals surface area contributed by atoms with Crippen molar-refractivity contribution in [3.63, 3.8) is 0 Å². The molecule has 0 fully saturated rings. The Hall–Kier alpha value is -2.30. The van der Waals surface area contributed by atoms with E-state index in [0.717, 1.165) is 6.20 Å². The molecule has 76 valence electrons. The highest BCUT2D eigenvalue weighted by molar-refractivity contribution is 5.95. The molecule has 2 rings (SSSR count). The average molecular weight is 204 g/mol. The van der Waals surface area contributed by atoms with E-state index in [1.165, 1.54) is 6.07 Å². The highest BCUT2D eigenvalue weighted by Gasteiger charge is 2.11. The Morgan fingerprint density at radius 3 is 2.80 bits per heavy atom. The number of carboxylic acid groups (broad SMARTS) is 1. The number of fused-ring (bicyclic) bond motifs is 1.